The summed E-state index contributed by atoms with van der Waals surface area (Å²) in [7, 11) is 0. The van der Waals surface area contributed by atoms with Crippen LogP contribution in [0.4, 0.5) is 10.5 Å². The Kier molecular flexibility index (Phi) is 7.17. The Morgan fingerprint density at radius 2 is 1.72 bits per heavy atom. The third kappa shape index (κ3) is 7.42. The van der Waals surface area contributed by atoms with Crippen LogP contribution in [0.3, 0.4) is 0 Å². The van der Waals surface area contributed by atoms with Crippen molar-refractivity contribution in [3.05, 3.63) is 69.8 Å². The fourth-order valence-corrected chi connectivity index (χ4v) is 2.65. The van der Waals surface area contributed by atoms with Crippen molar-refractivity contribution >= 4 is 45.7 Å². The van der Waals surface area contributed by atoms with Gasteiger partial charge in [-0.05, 0) is 68.8 Å². The van der Waals surface area contributed by atoms with Crippen LogP contribution in [0.5, 0.6) is 0 Å². The normalized spacial score (nSPS) is 11.5. The summed E-state index contributed by atoms with van der Waals surface area (Å²) < 4.78 is 6.04. The minimum Gasteiger partial charge on any atom is -0.478 e. The van der Waals surface area contributed by atoms with E-state index in [1.54, 1.807) is 39.0 Å². The van der Waals surface area contributed by atoms with Gasteiger partial charge < -0.3 is 15.2 Å². The molecule has 0 atom stereocenters. The molecule has 0 aliphatic rings. The van der Waals surface area contributed by atoms with Gasteiger partial charge in [-0.2, -0.15) is 0 Å². The lowest BCUT2D eigenvalue weighted by molar-refractivity contribution is -0.113. The lowest BCUT2D eigenvalue weighted by Crippen LogP contribution is -2.35. The van der Waals surface area contributed by atoms with Crippen LogP contribution in [-0.2, 0) is 9.53 Å². The van der Waals surface area contributed by atoms with E-state index in [1.165, 1.54) is 30.3 Å². The van der Waals surface area contributed by atoms with Gasteiger partial charge in [0.05, 0.1) is 5.56 Å². The van der Waals surface area contributed by atoms with Crippen LogP contribution in [-0.4, -0.2) is 28.7 Å². The number of rotatable bonds is 5. The number of halogens is 1. The summed E-state index contributed by atoms with van der Waals surface area (Å²) in [5.41, 5.74) is 0.404. The van der Waals surface area contributed by atoms with Crippen molar-refractivity contribution in [1.29, 1.82) is 0 Å². The van der Waals surface area contributed by atoms with Gasteiger partial charge in [0.2, 0.25) is 0 Å². The minimum atomic E-state index is -1.07. The highest BCUT2D eigenvalue weighted by Gasteiger charge is 2.20. The van der Waals surface area contributed by atoms with Gasteiger partial charge in [-0.15, -0.1) is 0 Å². The number of anilines is 1. The van der Waals surface area contributed by atoms with Crippen molar-refractivity contribution < 1.29 is 24.2 Å². The monoisotopic (exact) mass is 460 g/mol. The molecule has 8 heteroatoms. The second-order valence-electron chi connectivity index (χ2n) is 7.08. The molecule has 0 fully saturated rings. The fraction of sp³-hybridized carbons (Fsp3) is 0.190. The third-order valence-corrected chi connectivity index (χ3v) is 3.92. The zero-order valence-corrected chi connectivity index (χ0v) is 17.7. The quantitative estimate of drug-likeness (QED) is 0.563. The molecule has 0 aromatic heterocycles. The lowest BCUT2D eigenvalue weighted by Gasteiger charge is -2.20. The number of carbonyl (C=O) groups is 3. The first-order valence-corrected chi connectivity index (χ1v) is 9.45. The SMILES string of the molecule is CC(C)(C)OC(=O)NC(=Cc1cccc(Br)c1)C(=O)Nc1ccc(C(=O)O)cc1. The topological polar surface area (TPSA) is 105 Å². The third-order valence-electron chi connectivity index (χ3n) is 3.43. The molecule has 2 aromatic rings. The second-order valence-corrected chi connectivity index (χ2v) is 7.99. The van der Waals surface area contributed by atoms with E-state index in [9.17, 15) is 14.4 Å². The highest BCUT2D eigenvalue weighted by Crippen LogP contribution is 2.16. The van der Waals surface area contributed by atoms with E-state index in [4.69, 9.17) is 9.84 Å². The predicted octanol–water partition coefficient (Wildman–Crippen LogP) is 4.65. The van der Waals surface area contributed by atoms with Crippen molar-refractivity contribution in [2.45, 2.75) is 26.4 Å². The summed E-state index contributed by atoms with van der Waals surface area (Å²) >= 11 is 3.36. The van der Waals surface area contributed by atoms with Crippen LogP contribution in [0.1, 0.15) is 36.7 Å². The molecule has 0 aliphatic heterocycles. The highest BCUT2D eigenvalue weighted by molar-refractivity contribution is 9.10. The van der Waals surface area contributed by atoms with Crippen molar-refractivity contribution in [1.82, 2.24) is 5.32 Å². The lowest BCUT2D eigenvalue weighted by atomic mass is 10.1. The number of hydrogen-bond donors (Lipinski definition) is 3. The number of carbonyl (C=O) groups excluding carboxylic acids is 2. The number of nitrogens with one attached hydrogen (secondary N) is 2. The largest absolute Gasteiger partial charge is 0.478 e. The van der Waals surface area contributed by atoms with Gasteiger partial charge in [-0.25, -0.2) is 9.59 Å². The molecule has 29 heavy (non-hydrogen) atoms. The Hall–Kier alpha value is -3.13. The maximum absolute atomic E-state index is 12.7. The van der Waals surface area contributed by atoms with Crippen LogP contribution in [0.15, 0.2) is 58.7 Å². The van der Waals surface area contributed by atoms with Crippen molar-refractivity contribution in [2.24, 2.45) is 0 Å². The number of ether oxygens (including phenoxy) is 1. The molecule has 0 heterocycles. The molecule has 0 spiro atoms. The standard InChI is InChI=1S/C21H21BrN2O5/c1-21(2,3)29-20(28)24-17(12-13-5-4-6-15(22)11-13)18(25)23-16-9-7-14(8-10-16)19(26)27/h4-12H,1-3H3,(H,23,25)(H,24,28)(H,26,27). The van der Waals surface area contributed by atoms with E-state index in [1.807, 2.05) is 6.07 Å². The van der Waals surface area contributed by atoms with E-state index in [0.29, 0.717) is 11.3 Å². The first-order chi connectivity index (χ1) is 13.5. The summed E-state index contributed by atoms with van der Waals surface area (Å²) in [5.74, 6) is -1.65. The van der Waals surface area contributed by atoms with E-state index in [0.717, 1.165) is 4.47 Å². The molecule has 7 nitrogen and oxygen atoms in total. The molecule has 0 bridgehead atoms. The Morgan fingerprint density at radius 1 is 1.07 bits per heavy atom. The minimum absolute atomic E-state index is 0.0281. The number of benzene rings is 2. The summed E-state index contributed by atoms with van der Waals surface area (Å²) in [6.07, 6.45) is 0.741. The Balaban J connectivity index is 2.26. The van der Waals surface area contributed by atoms with Crippen LogP contribution in [0.2, 0.25) is 0 Å². The number of carboxylic acid groups (broad SMARTS) is 1. The fourth-order valence-electron chi connectivity index (χ4n) is 2.23. The average Bonchev–Trinajstić information content (AvgIpc) is 2.60. The Labute approximate surface area is 176 Å². The summed E-state index contributed by atoms with van der Waals surface area (Å²) in [4.78, 5) is 35.9. The average molecular weight is 461 g/mol. The molecule has 0 radical (unpaired) electrons. The maximum atomic E-state index is 12.7. The molecule has 0 saturated carbocycles. The first kappa shape index (κ1) is 22.2. The maximum Gasteiger partial charge on any atom is 0.412 e. The van der Waals surface area contributed by atoms with Crippen LogP contribution >= 0.6 is 15.9 Å². The van der Waals surface area contributed by atoms with Gasteiger partial charge in [0.15, 0.2) is 0 Å². The summed E-state index contributed by atoms with van der Waals surface area (Å²) in [6.45, 7) is 5.15. The Bertz CT molecular complexity index is 946. The zero-order chi connectivity index (χ0) is 21.6. The van der Waals surface area contributed by atoms with E-state index < -0.39 is 23.6 Å². The van der Waals surface area contributed by atoms with Gasteiger partial charge >= 0.3 is 12.1 Å². The van der Waals surface area contributed by atoms with E-state index >= 15 is 0 Å². The van der Waals surface area contributed by atoms with Gasteiger partial charge in [-0.1, -0.05) is 28.1 Å². The molecule has 2 rings (SSSR count). The van der Waals surface area contributed by atoms with Gasteiger partial charge in [0.1, 0.15) is 11.3 Å². The van der Waals surface area contributed by atoms with Crippen LogP contribution in [0, 0.1) is 0 Å². The molecule has 3 N–H and O–H groups in total. The van der Waals surface area contributed by atoms with Crippen LogP contribution in [0.25, 0.3) is 6.08 Å². The number of aromatic carboxylic acids is 1. The first-order valence-electron chi connectivity index (χ1n) is 8.65. The zero-order valence-electron chi connectivity index (χ0n) is 16.2. The molecule has 2 aromatic carbocycles. The number of amides is 2. The molecule has 0 saturated heterocycles. The molecular formula is C21H21BrN2O5. The number of hydrogen-bond acceptors (Lipinski definition) is 4. The van der Waals surface area contributed by atoms with Gasteiger partial charge in [0.25, 0.3) is 5.91 Å². The summed E-state index contributed by atoms with van der Waals surface area (Å²) in [6, 6.07) is 12.9. The van der Waals surface area contributed by atoms with E-state index in [-0.39, 0.29) is 11.3 Å². The number of carboxylic acids is 1. The molecule has 152 valence electrons. The highest BCUT2D eigenvalue weighted by atomic mass is 79.9. The second kappa shape index (κ2) is 9.38. The van der Waals surface area contributed by atoms with Crippen molar-refractivity contribution in [2.75, 3.05) is 5.32 Å². The van der Waals surface area contributed by atoms with Crippen molar-refractivity contribution in [3.63, 3.8) is 0 Å². The van der Waals surface area contributed by atoms with Crippen molar-refractivity contribution in [3.8, 4) is 0 Å². The molecule has 0 aliphatic carbocycles. The molecule has 2 amide bonds. The number of alkyl carbamates (subject to hydrolysis) is 1. The van der Waals surface area contributed by atoms with Gasteiger partial charge in [0, 0.05) is 10.2 Å². The van der Waals surface area contributed by atoms with E-state index in [2.05, 4.69) is 26.6 Å². The van der Waals surface area contributed by atoms with Crippen LogP contribution < -0.4 is 10.6 Å². The predicted molar refractivity (Wildman–Crippen MR) is 114 cm³/mol. The molecule has 0 unspecified atom stereocenters. The smallest absolute Gasteiger partial charge is 0.412 e. The summed E-state index contributed by atoms with van der Waals surface area (Å²) in [5, 5.41) is 14.1. The Morgan fingerprint density at radius 3 is 2.28 bits per heavy atom. The molecular weight excluding hydrogens is 440 g/mol. The van der Waals surface area contributed by atoms with Gasteiger partial charge in [-0.3, -0.25) is 10.1 Å².